The summed E-state index contributed by atoms with van der Waals surface area (Å²) in [5.41, 5.74) is 2.12. The molecule has 1 aliphatic rings. The normalized spacial score (nSPS) is 14.5. The molecule has 0 saturated carbocycles. The Hall–Kier alpha value is -2.67. The molecule has 0 atom stereocenters. The first-order valence-corrected chi connectivity index (χ1v) is 12.7. The summed E-state index contributed by atoms with van der Waals surface area (Å²) in [7, 11) is 1.55. The second-order valence-corrected chi connectivity index (χ2v) is 10.5. The Morgan fingerprint density at radius 1 is 1.17 bits per heavy atom. The van der Waals surface area contributed by atoms with E-state index in [-0.39, 0.29) is 11.6 Å². The van der Waals surface area contributed by atoms with Crippen molar-refractivity contribution in [3.05, 3.63) is 95.4 Å². The number of ether oxygens (including phenoxy) is 2. The number of rotatable bonds is 7. The van der Waals surface area contributed by atoms with Crippen LogP contribution in [0.3, 0.4) is 0 Å². The smallest absolute Gasteiger partial charge is 0.270 e. The molecule has 178 valence electrons. The zero-order valence-electron chi connectivity index (χ0n) is 18.1. The van der Waals surface area contributed by atoms with Gasteiger partial charge in [0.1, 0.15) is 6.61 Å². The minimum absolute atomic E-state index is 0.0604. The van der Waals surface area contributed by atoms with E-state index in [0.717, 1.165) is 26.5 Å². The predicted octanol–water partition coefficient (Wildman–Crippen LogP) is 6.85. The number of anilines is 1. The van der Waals surface area contributed by atoms with Crippen LogP contribution in [0.25, 0.3) is 6.08 Å². The maximum atomic E-state index is 13.1. The molecule has 11 heteroatoms. The Morgan fingerprint density at radius 3 is 2.49 bits per heavy atom. The molecule has 1 heterocycles. The number of thioether (sulfide) groups is 1. The third kappa shape index (κ3) is 5.77. The average molecular weight is 639 g/mol. The molecule has 0 N–H and O–H groups in total. The lowest BCUT2D eigenvalue weighted by Gasteiger charge is -2.14. The van der Waals surface area contributed by atoms with Crippen molar-refractivity contribution in [3.63, 3.8) is 0 Å². The molecule has 0 unspecified atom stereocenters. The zero-order chi connectivity index (χ0) is 25.1. The van der Waals surface area contributed by atoms with Crippen LogP contribution in [0.1, 0.15) is 11.1 Å². The van der Waals surface area contributed by atoms with Crippen LogP contribution in [0.5, 0.6) is 11.5 Å². The minimum Gasteiger partial charge on any atom is -0.493 e. The van der Waals surface area contributed by atoms with E-state index in [9.17, 15) is 14.9 Å². The van der Waals surface area contributed by atoms with E-state index in [4.69, 9.17) is 33.3 Å². The van der Waals surface area contributed by atoms with Gasteiger partial charge in [-0.3, -0.25) is 19.8 Å². The Kier molecular flexibility index (Phi) is 7.95. The topological polar surface area (TPSA) is 81.9 Å². The van der Waals surface area contributed by atoms with Gasteiger partial charge < -0.3 is 9.47 Å². The molecular weight excluding hydrogens is 623 g/mol. The predicted molar refractivity (Wildman–Crippen MR) is 150 cm³/mol. The molecule has 1 aliphatic heterocycles. The highest BCUT2D eigenvalue weighted by Gasteiger charge is 2.33. The van der Waals surface area contributed by atoms with Crippen molar-refractivity contribution in [1.29, 1.82) is 0 Å². The number of carbonyl (C=O) groups is 1. The number of non-ortho nitro benzene ring substituents is 1. The number of hydrogen-bond acceptors (Lipinski definition) is 7. The third-order valence-electron chi connectivity index (χ3n) is 4.96. The lowest BCUT2D eigenvalue weighted by atomic mass is 10.1. The molecule has 0 bridgehead atoms. The van der Waals surface area contributed by atoms with Crippen molar-refractivity contribution in [2.24, 2.45) is 0 Å². The van der Waals surface area contributed by atoms with Gasteiger partial charge in [-0.15, -0.1) is 0 Å². The minimum atomic E-state index is -0.494. The number of nitrogens with zero attached hydrogens (tertiary/aromatic N) is 2. The Balaban J connectivity index is 1.56. The number of hydrogen-bond donors (Lipinski definition) is 0. The second-order valence-electron chi connectivity index (χ2n) is 7.24. The Morgan fingerprint density at radius 2 is 1.86 bits per heavy atom. The van der Waals surface area contributed by atoms with Gasteiger partial charge in [0.05, 0.1) is 26.2 Å². The van der Waals surface area contributed by atoms with E-state index >= 15 is 0 Å². The van der Waals surface area contributed by atoms with Gasteiger partial charge in [0.15, 0.2) is 15.8 Å². The largest absolute Gasteiger partial charge is 0.493 e. The van der Waals surface area contributed by atoms with E-state index in [1.54, 1.807) is 31.4 Å². The van der Waals surface area contributed by atoms with E-state index in [1.165, 1.54) is 29.2 Å². The number of halogens is 2. The summed E-state index contributed by atoms with van der Waals surface area (Å²) in [4.78, 5) is 25.3. The molecule has 0 radical (unpaired) electrons. The molecule has 1 amide bonds. The summed E-state index contributed by atoms with van der Waals surface area (Å²) in [5, 5.41) is 11.6. The highest BCUT2D eigenvalue weighted by molar-refractivity contribution is 14.1. The van der Waals surface area contributed by atoms with Crippen molar-refractivity contribution >= 4 is 85.9 Å². The quantitative estimate of drug-likeness (QED) is 0.0921. The van der Waals surface area contributed by atoms with Gasteiger partial charge in [-0.1, -0.05) is 47.7 Å². The zero-order valence-corrected chi connectivity index (χ0v) is 22.6. The van der Waals surface area contributed by atoms with Gasteiger partial charge in [0.25, 0.3) is 11.6 Å². The fourth-order valence-corrected chi connectivity index (χ4v) is 5.47. The maximum Gasteiger partial charge on any atom is 0.270 e. The number of nitro benzene ring substituents is 1. The lowest BCUT2D eigenvalue weighted by Crippen LogP contribution is -2.27. The fourth-order valence-electron chi connectivity index (χ4n) is 3.26. The van der Waals surface area contributed by atoms with Crippen molar-refractivity contribution < 1.29 is 19.2 Å². The molecule has 1 saturated heterocycles. The molecule has 0 spiro atoms. The first-order chi connectivity index (χ1) is 16.8. The highest BCUT2D eigenvalue weighted by atomic mass is 127. The molecule has 3 aromatic carbocycles. The van der Waals surface area contributed by atoms with Gasteiger partial charge in [-0.05, 0) is 76.2 Å². The summed E-state index contributed by atoms with van der Waals surface area (Å²) < 4.78 is 12.7. The van der Waals surface area contributed by atoms with Gasteiger partial charge >= 0.3 is 0 Å². The second kappa shape index (κ2) is 10.9. The summed E-state index contributed by atoms with van der Waals surface area (Å²) in [6.45, 7) is 0.344. The third-order valence-corrected chi connectivity index (χ3v) is 7.31. The summed E-state index contributed by atoms with van der Waals surface area (Å²) in [6, 6.07) is 16.8. The Labute approximate surface area is 229 Å². The molecular formula is C24H16ClIN2O5S2. The van der Waals surface area contributed by atoms with Gasteiger partial charge in [-0.2, -0.15) is 0 Å². The van der Waals surface area contributed by atoms with Gasteiger partial charge in [0, 0.05) is 17.2 Å². The molecule has 1 fully saturated rings. The monoisotopic (exact) mass is 638 g/mol. The molecule has 7 nitrogen and oxygen atoms in total. The molecule has 0 aromatic heterocycles. The van der Waals surface area contributed by atoms with Crippen LogP contribution in [0.15, 0.2) is 65.6 Å². The van der Waals surface area contributed by atoms with Gasteiger partial charge in [-0.25, -0.2) is 0 Å². The van der Waals surface area contributed by atoms with E-state index < -0.39 is 4.92 Å². The number of thiocarbonyl (C=S) groups is 1. The summed E-state index contributed by atoms with van der Waals surface area (Å²) in [6.07, 6.45) is 1.73. The molecule has 3 aromatic rings. The average Bonchev–Trinajstić information content (AvgIpc) is 3.11. The van der Waals surface area contributed by atoms with Gasteiger partial charge in [0.2, 0.25) is 0 Å². The molecule has 35 heavy (non-hydrogen) atoms. The maximum absolute atomic E-state index is 13.1. The number of amides is 1. The van der Waals surface area contributed by atoms with Crippen LogP contribution < -0.4 is 14.4 Å². The van der Waals surface area contributed by atoms with Crippen LogP contribution >= 0.6 is 58.2 Å². The van der Waals surface area contributed by atoms with Crippen LogP contribution in [-0.2, 0) is 11.4 Å². The van der Waals surface area contributed by atoms with Crippen LogP contribution in [0.4, 0.5) is 11.4 Å². The SMILES string of the molecule is COc1cc(/C=C2\SC(=S)N(c3ccc([N+](=O)[O-])cc3)C2=O)cc(I)c1OCc1ccc(Cl)cc1. The standard InChI is InChI=1S/C24H16ClIN2O5S2/c1-32-20-11-15(10-19(26)22(20)33-13-14-2-4-16(25)5-3-14)12-21-23(29)27(24(34)35-21)17-6-8-18(9-7-17)28(30)31/h2-12H,13H2,1H3/b21-12-. The number of benzene rings is 3. The number of carbonyl (C=O) groups excluding carboxylic acids is 1. The molecule has 0 aliphatic carbocycles. The number of nitro groups is 1. The first-order valence-electron chi connectivity index (χ1n) is 10.0. The first kappa shape index (κ1) is 25.4. The van der Waals surface area contributed by atoms with Crippen LogP contribution in [0, 0.1) is 13.7 Å². The van der Waals surface area contributed by atoms with Crippen LogP contribution in [0.2, 0.25) is 5.02 Å². The highest BCUT2D eigenvalue weighted by Crippen LogP contribution is 2.39. The van der Waals surface area contributed by atoms with Crippen molar-refractivity contribution in [3.8, 4) is 11.5 Å². The van der Waals surface area contributed by atoms with E-state index in [0.29, 0.717) is 38.0 Å². The number of methoxy groups -OCH3 is 1. The van der Waals surface area contributed by atoms with E-state index in [2.05, 4.69) is 22.6 Å². The van der Waals surface area contributed by atoms with Crippen LogP contribution in [-0.4, -0.2) is 22.3 Å². The van der Waals surface area contributed by atoms with Crippen molar-refractivity contribution in [1.82, 2.24) is 0 Å². The van der Waals surface area contributed by atoms with Crippen molar-refractivity contribution in [2.45, 2.75) is 6.61 Å². The Bertz CT molecular complexity index is 1350. The summed E-state index contributed by atoms with van der Waals surface area (Å²) >= 11 is 14.7. The fraction of sp³-hybridized carbons (Fsp3) is 0.0833. The van der Waals surface area contributed by atoms with E-state index in [1.807, 2.05) is 18.2 Å². The summed E-state index contributed by atoms with van der Waals surface area (Å²) in [5.74, 6) is 0.826. The lowest BCUT2D eigenvalue weighted by molar-refractivity contribution is -0.384. The van der Waals surface area contributed by atoms with Crippen molar-refractivity contribution in [2.75, 3.05) is 12.0 Å². The molecule has 4 rings (SSSR count).